The number of nitrogens with one attached hydrogen (secondary N) is 1. The third-order valence-corrected chi connectivity index (χ3v) is 4.05. The van der Waals surface area contributed by atoms with Crippen LogP contribution in [-0.4, -0.2) is 25.0 Å². The van der Waals surface area contributed by atoms with Gasteiger partial charge in [-0.05, 0) is 31.4 Å². The number of rotatable bonds is 7. The summed E-state index contributed by atoms with van der Waals surface area (Å²) in [6.45, 7) is 0.639. The van der Waals surface area contributed by atoms with Crippen molar-refractivity contribution in [2.45, 2.75) is 49.5 Å². The van der Waals surface area contributed by atoms with Crippen molar-refractivity contribution in [1.29, 1.82) is 0 Å². The van der Waals surface area contributed by atoms with Crippen molar-refractivity contribution in [1.82, 2.24) is 5.32 Å². The van der Waals surface area contributed by atoms with Crippen LogP contribution >= 0.6 is 11.8 Å². The maximum atomic E-state index is 12.0. The molecule has 0 aliphatic heterocycles. The molecule has 0 radical (unpaired) electrons. The number of ether oxygens (including phenoxy) is 1. The normalized spacial score (nSPS) is 23.4. The van der Waals surface area contributed by atoms with Crippen molar-refractivity contribution >= 4 is 11.8 Å². The molecule has 3 nitrogen and oxygen atoms in total. The second kappa shape index (κ2) is 7.26. The van der Waals surface area contributed by atoms with Gasteiger partial charge in [0.1, 0.15) is 11.5 Å². The van der Waals surface area contributed by atoms with Gasteiger partial charge in [0.15, 0.2) is 0 Å². The van der Waals surface area contributed by atoms with Crippen LogP contribution in [0.15, 0.2) is 16.5 Å². The molecule has 0 spiro atoms. The van der Waals surface area contributed by atoms with Gasteiger partial charge in [-0.3, -0.25) is 0 Å². The van der Waals surface area contributed by atoms with Gasteiger partial charge in [0.25, 0.3) is 5.76 Å². The minimum Gasteiger partial charge on any atom is -0.464 e. The first-order valence-electron chi connectivity index (χ1n) is 6.41. The highest BCUT2D eigenvalue weighted by Crippen LogP contribution is 2.23. The van der Waals surface area contributed by atoms with Crippen LogP contribution in [0.25, 0.3) is 0 Å². The van der Waals surface area contributed by atoms with E-state index in [1.807, 2.05) is 6.07 Å². The molecule has 1 aliphatic carbocycles. The Labute approximate surface area is 116 Å². The van der Waals surface area contributed by atoms with E-state index in [0.29, 0.717) is 36.2 Å². The lowest BCUT2D eigenvalue weighted by Crippen LogP contribution is -2.26. The molecule has 1 heterocycles. The van der Waals surface area contributed by atoms with E-state index in [0.717, 1.165) is 25.0 Å². The highest BCUT2D eigenvalue weighted by atomic mass is 32.2. The topological polar surface area (TPSA) is 34.4 Å². The standard InChI is InChI=1S/C13H19F2NO2S/c1-17-10-3-2-9(6-10)16-7-11-4-5-12(18-11)8-19-13(14)15/h4-5,9-10,13,16H,2-3,6-8H2,1H3. The van der Waals surface area contributed by atoms with Gasteiger partial charge in [0, 0.05) is 13.2 Å². The third-order valence-electron chi connectivity index (χ3n) is 3.35. The molecule has 1 N–H and O–H groups in total. The molecule has 1 aromatic rings. The predicted octanol–water partition coefficient (Wildman–Crippen LogP) is 3.39. The monoisotopic (exact) mass is 291 g/mol. The zero-order valence-corrected chi connectivity index (χ0v) is 11.7. The number of hydrogen-bond acceptors (Lipinski definition) is 4. The summed E-state index contributed by atoms with van der Waals surface area (Å²) < 4.78 is 34.9. The molecule has 0 bridgehead atoms. The van der Waals surface area contributed by atoms with Crippen LogP contribution in [0.1, 0.15) is 30.8 Å². The molecular formula is C13H19F2NO2S. The first kappa shape index (κ1) is 14.8. The van der Waals surface area contributed by atoms with Gasteiger partial charge in [-0.2, -0.15) is 8.78 Å². The van der Waals surface area contributed by atoms with E-state index in [2.05, 4.69) is 5.32 Å². The highest BCUT2D eigenvalue weighted by Gasteiger charge is 2.23. The summed E-state index contributed by atoms with van der Waals surface area (Å²) in [6, 6.07) is 4.06. The zero-order valence-electron chi connectivity index (χ0n) is 10.9. The fraction of sp³-hybridized carbons (Fsp3) is 0.692. The smallest absolute Gasteiger partial charge is 0.284 e. The third kappa shape index (κ3) is 4.78. The van der Waals surface area contributed by atoms with Crippen LogP contribution in [0, 0.1) is 0 Å². The van der Waals surface area contributed by atoms with Crippen molar-refractivity contribution in [2.24, 2.45) is 0 Å². The fourth-order valence-electron chi connectivity index (χ4n) is 2.32. The number of alkyl halides is 2. The van der Waals surface area contributed by atoms with Gasteiger partial charge in [-0.25, -0.2) is 0 Å². The first-order chi connectivity index (χ1) is 9.17. The number of methoxy groups -OCH3 is 1. The molecule has 1 fully saturated rings. The minimum atomic E-state index is -2.35. The fourth-order valence-corrected chi connectivity index (χ4v) is 2.77. The molecule has 0 saturated heterocycles. The summed E-state index contributed by atoms with van der Waals surface area (Å²) in [5.41, 5.74) is 0. The lowest BCUT2D eigenvalue weighted by molar-refractivity contribution is 0.107. The molecule has 2 atom stereocenters. The molecule has 1 saturated carbocycles. The van der Waals surface area contributed by atoms with Crippen molar-refractivity contribution in [3.8, 4) is 0 Å². The van der Waals surface area contributed by atoms with Crippen molar-refractivity contribution in [2.75, 3.05) is 7.11 Å². The Balaban J connectivity index is 1.71. The maximum absolute atomic E-state index is 12.0. The summed E-state index contributed by atoms with van der Waals surface area (Å²) in [5.74, 6) is -0.738. The van der Waals surface area contributed by atoms with Crippen molar-refractivity contribution in [3.05, 3.63) is 23.7 Å². The van der Waals surface area contributed by atoms with E-state index in [9.17, 15) is 8.78 Å². The Morgan fingerprint density at radius 3 is 2.89 bits per heavy atom. The Bertz CT molecular complexity index is 386. The number of halogens is 2. The summed E-state index contributed by atoms with van der Waals surface area (Å²) >= 11 is 0.580. The molecule has 1 aromatic heterocycles. The first-order valence-corrected chi connectivity index (χ1v) is 7.45. The molecule has 6 heteroatoms. The molecule has 19 heavy (non-hydrogen) atoms. The van der Waals surface area contributed by atoms with Crippen LogP contribution < -0.4 is 5.32 Å². The Morgan fingerprint density at radius 1 is 1.42 bits per heavy atom. The lowest BCUT2D eigenvalue weighted by atomic mass is 10.2. The quantitative estimate of drug-likeness (QED) is 0.835. The largest absolute Gasteiger partial charge is 0.464 e. The maximum Gasteiger partial charge on any atom is 0.284 e. The Kier molecular flexibility index (Phi) is 5.66. The van der Waals surface area contributed by atoms with Gasteiger partial charge < -0.3 is 14.5 Å². The van der Waals surface area contributed by atoms with Crippen LogP contribution in [-0.2, 0) is 17.0 Å². The second-order valence-corrected chi connectivity index (χ2v) is 5.67. The van der Waals surface area contributed by atoms with Gasteiger partial charge >= 0.3 is 0 Å². The second-order valence-electron chi connectivity index (χ2n) is 4.69. The van der Waals surface area contributed by atoms with E-state index >= 15 is 0 Å². The van der Waals surface area contributed by atoms with Crippen LogP contribution in [0.3, 0.4) is 0 Å². The molecular weight excluding hydrogens is 272 g/mol. The Hall–Kier alpha value is -0.590. The van der Waals surface area contributed by atoms with E-state index in [1.54, 1.807) is 13.2 Å². The highest BCUT2D eigenvalue weighted by molar-refractivity contribution is 7.98. The predicted molar refractivity (Wildman–Crippen MR) is 71.3 cm³/mol. The SMILES string of the molecule is COC1CCC(NCc2ccc(CSC(F)F)o2)C1. The van der Waals surface area contributed by atoms with E-state index in [-0.39, 0.29) is 5.75 Å². The summed E-state index contributed by atoms with van der Waals surface area (Å²) in [5, 5.41) is 3.41. The van der Waals surface area contributed by atoms with E-state index in [1.165, 1.54) is 0 Å². The Morgan fingerprint density at radius 2 is 2.21 bits per heavy atom. The molecule has 2 rings (SSSR count). The van der Waals surface area contributed by atoms with Crippen LogP contribution in [0.4, 0.5) is 8.78 Å². The van der Waals surface area contributed by atoms with Crippen LogP contribution in [0.2, 0.25) is 0 Å². The van der Waals surface area contributed by atoms with Gasteiger partial charge in [0.05, 0.1) is 18.4 Å². The number of furan rings is 1. The van der Waals surface area contributed by atoms with Gasteiger partial charge in [-0.1, -0.05) is 11.8 Å². The summed E-state index contributed by atoms with van der Waals surface area (Å²) in [6.07, 6.45) is 3.56. The summed E-state index contributed by atoms with van der Waals surface area (Å²) in [7, 11) is 1.74. The molecule has 0 amide bonds. The van der Waals surface area contributed by atoms with E-state index in [4.69, 9.17) is 9.15 Å². The van der Waals surface area contributed by atoms with Crippen molar-refractivity contribution in [3.63, 3.8) is 0 Å². The van der Waals surface area contributed by atoms with E-state index < -0.39 is 5.76 Å². The number of hydrogen-bond donors (Lipinski definition) is 1. The van der Waals surface area contributed by atoms with Crippen LogP contribution in [0.5, 0.6) is 0 Å². The zero-order chi connectivity index (χ0) is 13.7. The van der Waals surface area contributed by atoms with Gasteiger partial charge in [-0.15, -0.1) is 0 Å². The number of thioether (sulfide) groups is 1. The lowest BCUT2D eigenvalue weighted by Gasteiger charge is -2.11. The molecule has 1 aliphatic rings. The molecule has 108 valence electrons. The molecule has 0 aromatic carbocycles. The van der Waals surface area contributed by atoms with Crippen molar-refractivity contribution < 1.29 is 17.9 Å². The summed E-state index contributed by atoms with van der Waals surface area (Å²) in [4.78, 5) is 0. The minimum absolute atomic E-state index is 0.215. The average Bonchev–Trinajstić information content (AvgIpc) is 3.03. The average molecular weight is 291 g/mol. The van der Waals surface area contributed by atoms with Gasteiger partial charge in [0.2, 0.25) is 0 Å². The molecule has 2 unspecified atom stereocenters.